The van der Waals surface area contributed by atoms with Crippen molar-refractivity contribution in [3.63, 3.8) is 0 Å². The van der Waals surface area contributed by atoms with Crippen molar-refractivity contribution in [2.75, 3.05) is 11.9 Å². The number of nitrogens with zero attached hydrogens (tertiary/aromatic N) is 2. The molecule has 0 atom stereocenters. The molecule has 188 valence electrons. The Kier molecular flexibility index (Phi) is 5.76. The van der Waals surface area contributed by atoms with Crippen molar-refractivity contribution < 1.29 is 9.30 Å². The molecule has 0 unspecified atom stereocenters. The summed E-state index contributed by atoms with van der Waals surface area (Å²) in [6.07, 6.45) is 9.14. The number of thiazole rings is 1. The van der Waals surface area contributed by atoms with Crippen LogP contribution >= 0.6 is 11.3 Å². The van der Waals surface area contributed by atoms with Crippen LogP contribution in [0.2, 0.25) is 0 Å². The molecule has 3 nitrogen and oxygen atoms in total. The zero-order valence-electron chi connectivity index (χ0n) is 22.7. The smallest absolute Gasteiger partial charge is 0.263 e. The van der Waals surface area contributed by atoms with Crippen LogP contribution in [0.25, 0.3) is 27.1 Å². The van der Waals surface area contributed by atoms with Crippen molar-refractivity contribution >= 4 is 44.1 Å². The Morgan fingerprint density at radius 1 is 1.00 bits per heavy atom. The first-order chi connectivity index (χ1) is 17.7. The van der Waals surface area contributed by atoms with E-state index in [-0.39, 0.29) is 5.41 Å². The van der Waals surface area contributed by atoms with Crippen LogP contribution < -0.4 is 14.2 Å². The van der Waals surface area contributed by atoms with E-state index >= 15 is 0 Å². The first-order valence-corrected chi connectivity index (χ1v) is 14.0. The molecule has 2 aliphatic rings. The molecular weight excluding hydrogens is 472 g/mol. The van der Waals surface area contributed by atoms with Crippen molar-refractivity contribution in [2.24, 2.45) is 5.41 Å². The summed E-state index contributed by atoms with van der Waals surface area (Å²) in [7, 11) is 2.10. The van der Waals surface area contributed by atoms with Crippen LogP contribution in [0, 0.1) is 19.3 Å². The van der Waals surface area contributed by atoms with Crippen LogP contribution in [0.3, 0.4) is 0 Å². The fourth-order valence-electron chi connectivity index (χ4n) is 5.78. The summed E-state index contributed by atoms with van der Waals surface area (Å²) >= 11 is 1.90. The molecule has 0 saturated heterocycles. The number of aromatic nitrogens is 1. The van der Waals surface area contributed by atoms with E-state index in [1.54, 1.807) is 0 Å². The van der Waals surface area contributed by atoms with E-state index in [2.05, 4.69) is 118 Å². The second-order valence-electron chi connectivity index (χ2n) is 11.4. The van der Waals surface area contributed by atoms with Gasteiger partial charge in [-0.1, -0.05) is 55.5 Å². The molecule has 1 aliphatic heterocycles. The Hall–Kier alpha value is -3.37. The van der Waals surface area contributed by atoms with Crippen LogP contribution in [-0.4, -0.2) is 7.05 Å². The molecule has 2 heterocycles. The zero-order valence-corrected chi connectivity index (χ0v) is 23.5. The standard InChI is InChI=1S/C33H35N2OS/c1-7-35-28-12-21(2)22(3)13-30(28)37-32(35)16-24-14-23(19-33(4,5)20-24)15-31-34(6)27-17-25-10-8-9-11-26(25)18-29(27)36-31/h8-18H,7,19-20H2,1-6H3/q+1. The zero-order chi connectivity index (χ0) is 25.9. The molecule has 0 bridgehead atoms. The Balaban J connectivity index is 1.38. The van der Waals surface area contributed by atoms with Gasteiger partial charge in [-0.25, -0.2) is 0 Å². The van der Waals surface area contributed by atoms with Gasteiger partial charge >= 0.3 is 0 Å². The highest BCUT2D eigenvalue weighted by atomic mass is 32.1. The van der Waals surface area contributed by atoms with E-state index in [9.17, 15) is 0 Å². The number of ether oxygens (including phenoxy) is 1. The summed E-state index contributed by atoms with van der Waals surface area (Å²) in [4.78, 5) is 2.18. The van der Waals surface area contributed by atoms with Crippen LogP contribution in [0.1, 0.15) is 49.7 Å². The maximum Gasteiger partial charge on any atom is 0.263 e. The highest BCUT2D eigenvalue weighted by Gasteiger charge is 2.29. The minimum atomic E-state index is 0.187. The van der Waals surface area contributed by atoms with Crippen molar-refractivity contribution in [1.82, 2.24) is 0 Å². The van der Waals surface area contributed by atoms with Gasteiger partial charge in [0.15, 0.2) is 5.75 Å². The van der Waals surface area contributed by atoms with Gasteiger partial charge in [-0.2, -0.15) is 4.57 Å². The molecule has 4 heteroatoms. The molecule has 0 saturated carbocycles. The predicted molar refractivity (Wildman–Crippen MR) is 157 cm³/mol. The van der Waals surface area contributed by atoms with E-state index < -0.39 is 0 Å². The third-order valence-corrected chi connectivity index (χ3v) is 8.84. The van der Waals surface area contributed by atoms with Crippen LogP contribution in [0.4, 0.5) is 5.69 Å². The third kappa shape index (κ3) is 4.38. The van der Waals surface area contributed by atoms with Crippen LogP contribution in [-0.2, 0) is 6.54 Å². The Morgan fingerprint density at radius 3 is 2.49 bits per heavy atom. The fourth-order valence-corrected chi connectivity index (χ4v) is 7.06. The maximum absolute atomic E-state index is 6.38. The van der Waals surface area contributed by atoms with Crippen molar-refractivity contribution in [2.45, 2.75) is 54.0 Å². The summed E-state index contributed by atoms with van der Waals surface area (Å²) in [6.45, 7) is 12.4. The molecule has 1 aromatic heterocycles. The highest BCUT2D eigenvalue weighted by Crippen LogP contribution is 2.44. The quantitative estimate of drug-likeness (QED) is 0.259. The number of anilines is 1. The molecule has 0 amide bonds. The Bertz CT molecular complexity index is 1650. The number of rotatable bonds is 3. The summed E-state index contributed by atoms with van der Waals surface area (Å²) in [5, 5.41) is 3.77. The largest absolute Gasteiger partial charge is 0.439 e. The van der Waals surface area contributed by atoms with Gasteiger partial charge in [-0.15, -0.1) is 0 Å². The van der Waals surface area contributed by atoms with E-state index in [0.29, 0.717) is 0 Å². The number of allylic oxidation sites excluding steroid dienone is 4. The second kappa shape index (κ2) is 8.88. The monoisotopic (exact) mass is 507 g/mol. The van der Waals surface area contributed by atoms with Crippen molar-refractivity contribution in [3.05, 3.63) is 93.8 Å². The van der Waals surface area contributed by atoms with E-state index in [0.717, 1.165) is 36.7 Å². The number of hydrogen-bond donors (Lipinski definition) is 0. The van der Waals surface area contributed by atoms with Gasteiger partial charge < -0.3 is 9.64 Å². The molecule has 4 aromatic rings. The molecule has 0 radical (unpaired) electrons. The summed E-state index contributed by atoms with van der Waals surface area (Å²) in [5.74, 6) is 1.82. The average Bonchev–Trinajstić information content (AvgIpc) is 3.32. The fraction of sp³-hybridized carbons (Fsp3) is 0.303. The minimum Gasteiger partial charge on any atom is -0.439 e. The minimum absolute atomic E-state index is 0.187. The van der Waals surface area contributed by atoms with Gasteiger partial charge in [0.1, 0.15) is 11.2 Å². The SMILES string of the molecule is CC[n+]1c(/C=C2C=C(/C=C3\Oc4cc5ccccc5cc4N3C)CC(C)(C)C/2)sc2cc(C)c(C)cc21. The molecule has 0 spiro atoms. The molecule has 1 aliphatic carbocycles. The predicted octanol–water partition coefficient (Wildman–Crippen LogP) is 8.48. The van der Waals surface area contributed by atoms with Gasteiger partial charge in [0.05, 0.1) is 5.69 Å². The number of hydrogen-bond acceptors (Lipinski definition) is 3. The van der Waals surface area contributed by atoms with Gasteiger partial charge in [-0.3, -0.25) is 0 Å². The normalized spacial score (nSPS) is 19.1. The first kappa shape index (κ1) is 24.0. The van der Waals surface area contributed by atoms with Crippen LogP contribution in [0.5, 0.6) is 5.75 Å². The Morgan fingerprint density at radius 2 is 1.73 bits per heavy atom. The Labute approximate surface area is 224 Å². The van der Waals surface area contributed by atoms with Crippen molar-refractivity contribution in [3.8, 4) is 5.75 Å². The highest BCUT2D eigenvalue weighted by molar-refractivity contribution is 7.18. The van der Waals surface area contributed by atoms with Gasteiger partial charge in [-0.05, 0) is 90.3 Å². The van der Waals surface area contributed by atoms with Crippen LogP contribution in [0.15, 0.2) is 77.7 Å². The number of benzene rings is 3. The van der Waals surface area contributed by atoms with E-state index in [4.69, 9.17) is 4.74 Å². The average molecular weight is 508 g/mol. The lowest BCUT2D eigenvalue weighted by atomic mass is 9.75. The number of fused-ring (bicyclic) bond motifs is 3. The van der Waals surface area contributed by atoms with Gasteiger partial charge in [0.25, 0.3) is 5.01 Å². The summed E-state index contributed by atoms with van der Waals surface area (Å²) in [5.41, 5.74) is 8.07. The molecule has 0 fully saturated rings. The molecule has 37 heavy (non-hydrogen) atoms. The lowest BCUT2D eigenvalue weighted by molar-refractivity contribution is -0.665. The number of aryl methyl sites for hydroxylation is 3. The lowest BCUT2D eigenvalue weighted by Gasteiger charge is -2.30. The molecule has 0 N–H and O–H groups in total. The van der Waals surface area contributed by atoms with Gasteiger partial charge in [0.2, 0.25) is 11.4 Å². The maximum atomic E-state index is 6.38. The van der Waals surface area contributed by atoms with E-state index in [1.165, 1.54) is 48.3 Å². The second-order valence-corrected chi connectivity index (χ2v) is 12.4. The first-order valence-electron chi connectivity index (χ1n) is 13.2. The molecular formula is C33H35N2OS+. The van der Waals surface area contributed by atoms with Crippen molar-refractivity contribution in [1.29, 1.82) is 0 Å². The topological polar surface area (TPSA) is 16.4 Å². The molecule has 6 rings (SSSR count). The summed E-state index contributed by atoms with van der Waals surface area (Å²) < 4.78 is 10.2. The summed E-state index contributed by atoms with van der Waals surface area (Å²) in [6, 6.07) is 17.5. The lowest BCUT2D eigenvalue weighted by Crippen LogP contribution is -2.33. The molecule has 3 aromatic carbocycles. The van der Waals surface area contributed by atoms with Gasteiger partial charge in [0, 0.05) is 25.3 Å². The van der Waals surface area contributed by atoms with E-state index in [1.807, 2.05) is 11.3 Å². The third-order valence-electron chi connectivity index (χ3n) is 7.75.